The first-order chi connectivity index (χ1) is 18.2. The molecule has 0 saturated carbocycles. The fourth-order valence-electron chi connectivity index (χ4n) is 6.19. The molecule has 0 spiro atoms. The smallest absolute Gasteiger partial charge is 0.154 e. The van der Waals surface area contributed by atoms with E-state index in [9.17, 15) is 5.11 Å². The Labute approximate surface area is 230 Å². The second-order valence-corrected chi connectivity index (χ2v) is 11.2. The van der Waals surface area contributed by atoms with E-state index < -0.39 is 0 Å². The van der Waals surface area contributed by atoms with Gasteiger partial charge in [0.2, 0.25) is 0 Å². The Morgan fingerprint density at radius 3 is 2.13 bits per heavy atom. The van der Waals surface area contributed by atoms with Gasteiger partial charge in [0.15, 0.2) is 5.82 Å². The molecule has 7 nitrogen and oxygen atoms in total. The topological polar surface area (TPSA) is 55.3 Å². The Kier molecular flexibility index (Phi) is 8.65. The molecule has 1 fully saturated rings. The first-order valence-corrected chi connectivity index (χ1v) is 14.6. The van der Waals surface area contributed by atoms with Crippen molar-refractivity contribution in [3.8, 4) is 11.5 Å². The molecule has 0 bridgehead atoms. The second kappa shape index (κ2) is 11.6. The fraction of sp³-hybridized carbons (Fsp3) is 0.645. The summed E-state index contributed by atoms with van der Waals surface area (Å²) in [6.07, 6.45) is 1.91. The molecule has 1 atom stereocenters. The molecule has 0 amide bonds. The van der Waals surface area contributed by atoms with E-state index >= 15 is 0 Å². The molecule has 4 rings (SSSR count). The van der Waals surface area contributed by atoms with Gasteiger partial charge in [0, 0.05) is 64.5 Å². The van der Waals surface area contributed by atoms with Gasteiger partial charge < -0.3 is 24.5 Å². The van der Waals surface area contributed by atoms with E-state index in [2.05, 4.69) is 73.3 Å². The summed E-state index contributed by atoms with van der Waals surface area (Å²) in [4.78, 5) is 15.0. The standard InChI is InChI=1S/C31H49N5O2/c1-9-34(10-2)26-13-14-27(32-30(26)35(11-3)12-4)36-19-17-33(18-20-36)21-31(8)16-15-25-24(7)28(37)22(5)23(6)29(25)38-31/h13-14,37H,9-12,15-21H2,1-8H3. The van der Waals surface area contributed by atoms with Gasteiger partial charge in [-0.3, -0.25) is 4.90 Å². The normalized spacial score (nSPS) is 19.7. The minimum Gasteiger partial charge on any atom is -0.507 e. The molecule has 2 aromatic rings. The zero-order chi connectivity index (χ0) is 27.6. The summed E-state index contributed by atoms with van der Waals surface area (Å²) in [6, 6.07) is 4.48. The minimum absolute atomic E-state index is 0.227. The van der Waals surface area contributed by atoms with Crippen LogP contribution in [0.1, 0.15) is 63.3 Å². The highest BCUT2D eigenvalue weighted by atomic mass is 16.5. The van der Waals surface area contributed by atoms with Crippen molar-refractivity contribution in [1.29, 1.82) is 0 Å². The summed E-state index contributed by atoms with van der Waals surface area (Å²) in [5.41, 5.74) is 5.16. The maximum atomic E-state index is 10.5. The van der Waals surface area contributed by atoms with Crippen LogP contribution >= 0.6 is 0 Å². The van der Waals surface area contributed by atoms with Gasteiger partial charge in [0.05, 0.1) is 5.69 Å². The van der Waals surface area contributed by atoms with Crippen molar-refractivity contribution in [3.63, 3.8) is 0 Å². The minimum atomic E-state index is -0.227. The third-order valence-electron chi connectivity index (χ3n) is 8.85. The molecule has 38 heavy (non-hydrogen) atoms. The number of aromatic nitrogens is 1. The fourth-order valence-corrected chi connectivity index (χ4v) is 6.19. The van der Waals surface area contributed by atoms with Crippen LogP contribution in [0.5, 0.6) is 11.5 Å². The largest absolute Gasteiger partial charge is 0.507 e. The van der Waals surface area contributed by atoms with Gasteiger partial charge >= 0.3 is 0 Å². The van der Waals surface area contributed by atoms with Gasteiger partial charge in [0.1, 0.15) is 22.9 Å². The number of phenolic OH excluding ortho intramolecular Hbond substituents is 1. The SMILES string of the molecule is CCN(CC)c1ccc(N2CCN(CC3(C)CCc4c(C)c(O)c(C)c(C)c4O3)CC2)nc1N(CC)CC. The van der Waals surface area contributed by atoms with Crippen molar-refractivity contribution in [2.75, 3.05) is 73.6 Å². The zero-order valence-electron chi connectivity index (χ0n) is 25.0. The number of anilines is 3. The number of fused-ring (bicyclic) bond motifs is 1. The maximum absolute atomic E-state index is 10.5. The van der Waals surface area contributed by atoms with Crippen molar-refractivity contribution in [3.05, 3.63) is 34.4 Å². The van der Waals surface area contributed by atoms with Crippen LogP contribution in [0.25, 0.3) is 0 Å². The second-order valence-electron chi connectivity index (χ2n) is 11.2. The number of hydrogen-bond donors (Lipinski definition) is 1. The molecule has 0 radical (unpaired) electrons. The summed E-state index contributed by atoms with van der Waals surface area (Å²) >= 11 is 0. The number of piperazine rings is 1. The van der Waals surface area contributed by atoms with Crippen LogP contribution in [0.2, 0.25) is 0 Å². The monoisotopic (exact) mass is 523 g/mol. The van der Waals surface area contributed by atoms with Crippen LogP contribution in [-0.4, -0.2) is 79.5 Å². The first kappa shape index (κ1) is 28.3. The van der Waals surface area contributed by atoms with Gasteiger partial charge in [0.25, 0.3) is 0 Å². The lowest BCUT2D eigenvalue weighted by Crippen LogP contribution is -2.54. The summed E-state index contributed by atoms with van der Waals surface area (Å²) in [5, 5.41) is 10.5. The van der Waals surface area contributed by atoms with Crippen molar-refractivity contribution in [2.45, 2.75) is 73.8 Å². The molecule has 7 heteroatoms. The Morgan fingerprint density at radius 2 is 1.53 bits per heavy atom. The van der Waals surface area contributed by atoms with E-state index in [1.165, 1.54) is 11.3 Å². The Morgan fingerprint density at radius 1 is 0.895 bits per heavy atom. The molecular formula is C31H49N5O2. The number of pyridine rings is 1. The van der Waals surface area contributed by atoms with E-state index in [1.807, 2.05) is 13.8 Å². The van der Waals surface area contributed by atoms with E-state index in [0.29, 0.717) is 5.75 Å². The van der Waals surface area contributed by atoms with Crippen LogP contribution in [0.4, 0.5) is 17.3 Å². The molecule has 3 heterocycles. The average molecular weight is 524 g/mol. The number of aromatic hydroxyl groups is 1. The van der Waals surface area contributed by atoms with Gasteiger partial charge in [-0.2, -0.15) is 0 Å². The number of benzene rings is 1. The van der Waals surface area contributed by atoms with Crippen LogP contribution in [0.3, 0.4) is 0 Å². The summed E-state index contributed by atoms with van der Waals surface area (Å²) in [7, 11) is 0. The van der Waals surface area contributed by atoms with Crippen LogP contribution in [0, 0.1) is 20.8 Å². The Bertz CT molecular complexity index is 1120. The van der Waals surface area contributed by atoms with E-state index in [-0.39, 0.29) is 5.60 Å². The predicted molar refractivity (Wildman–Crippen MR) is 160 cm³/mol. The number of nitrogens with zero attached hydrogens (tertiary/aromatic N) is 5. The highest BCUT2D eigenvalue weighted by molar-refractivity contribution is 5.70. The molecule has 1 unspecified atom stereocenters. The Balaban J connectivity index is 1.45. The highest BCUT2D eigenvalue weighted by Crippen LogP contribution is 2.43. The molecule has 2 aliphatic rings. The lowest BCUT2D eigenvalue weighted by Gasteiger charge is -2.43. The highest BCUT2D eigenvalue weighted by Gasteiger charge is 2.37. The van der Waals surface area contributed by atoms with Crippen molar-refractivity contribution >= 4 is 17.3 Å². The van der Waals surface area contributed by atoms with Crippen LogP contribution in [0.15, 0.2) is 12.1 Å². The van der Waals surface area contributed by atoms with Gasteiger partial charge in [-0.1, -0.05) is 0 Å². The quantitative estimate of drug-likeness (QED) is 0.478. The van der Waals surface area contributed by atoms with Crippen molar-refractivity contribution in [1.82, 2.24) is 9.88 Å². The Hall–Kier alpha value is -2.67. The molecule has 2 aliphatic heterocycles. The van der Waals surface area contributed by atoms with Crippen LogP contribution < -0.4 is 19.4 Å². The third kappa shape index (κ3) is 5.40. The molecule has 210 valence electrons. The maximum Gasteiger partial charge on any atom is 0.154 e. The third-order valence-corrected chi connectivity index (χ3v) is 8.85. The lowest BCUT2D eigenvalue weighted by atomic mass is 9.87. The molecule has 0 aliphatic carbocycles. The molecule has 1 aromatic carbocycles. The number of ether oxygens (including phenoxy) is 1. The van der Waals surface area contributed by atoms with Gasteiger partial charge in [-0.25, -0.2) is 4.98 Å². The first-order valence-electron chi connectivity index (χ1n) is 14.6. The summed E-state index contributed by atoms with van der Waals surface area (Å²) < 4.78 is 6.72. The molecule has 1 N–H and O–H groups in total. The zero-order valence-corrected chi connectivity index (χ0v) is 25.0. The number of phenols is 1. The van der Waals surface area contributed by atoms with Gasteiger partial charge in [-0.15, -0.1) is 0 Å². The summed E-state index contributed by atoms with van der Waals surface area (Å²) in [5.74, 6) is 3.60. The van der Waals surface area contributed by atoms with E-state index in [0.717, 1.165) is 106 Å². The predicted octanol–water partition coefficient (Wildman–Crippen LogP) is 5.31. The van der Waals surface area contributed by atoms with Crippen molar-refractivity contribution < 1.29 is 9.84 Å². The summed E-state index contributed by atoms with van der Waals surface area (Å²) in [6.45, 7) is 25.9. The average Bonchev–Trinajstić information content (AvgIpc) is 2.93. The van der Waals surface area contributed by atoms with Crippen LogP contribution in [-0.2, 0) is 6.42 Å². The van der Waals surface area contributed by atoms with Crippen molar-refractivity contribution in [2.24, 2.45) is 0 Å². The lowest BCUT2D eigenvalue weighted by molar-refractivity contribution is 0.0226. The van der Waals surface area contributed by atoms with Gasteiger partial charge in [-0.05, 0) is 97.1 Å². The molecule has 1 saturated heterocycles. The number of hydrogen-bond acceptors (Lipinski definition) is 7. The van der Waals surface area contributed by atoms with E-state index in [4.69, 9.17) is 9.72 Å². The molecular weight excluding hydrogens is 474 g/mol. The van der Waals surface area contributed by atoms with E-state index in [1.54, 1.807) is 0 Å². The molecule has 1 aromatic heterocycles. The number of rotatable bonds is 9.